The van der Waals surface area contributed by atoms with Crippen molar-refractivity contribution in [3.05, 3.63) is 72.1 Å². The topological polar surface area (TPSA) is 76.1 Å². The van der Waals surface area contributed by atoms with Gasteiger partial charge >= 0.3 is 6.18 Å². The highest BCUT2D eigenvalue weighted by Crippen LogP contribution is 2.30. The molecule has 2 N–H and O–H groups in total. The highest BCUT2D eigenvalue weighted by Gasteiger charge is 2.30. The van der Waals surface area contributed by atoms with Crippen LogP contribution in [0.3, 0.4) is 0 Å². The lowest BCUT2D eigenvalue weighted by Gasteiger charge is -2.11. The third-order valence-corrected chi connectivity index (χ3v) is 3.71. The van der Waals surface area contributed by atoms with Crippen LogP contribution in [0.5, 0.6) is 5.75 Å². The second kappa shape index (κ2) is 7.95. The number of amides is 1. The van der Waals surface area contributed by atoms with E-state index in [-0.39, 0.29) is 17.3 Å². The van der Waals surface area contributed by atoms with E-state index < -0.39 is 17.6 Å². The molecule has 2 aromatic carbocycles. The first-order valence-corrected chi connectivity index (χ1v) is 8.08. The molecule has 6 nitrogen and oxygen atoms in total. The van der Waals surface area contributed by atoms with Crippen molar-refractivity contribution in [3.8, 4) is 5.75 Å². The van der Waals surface area contributed by atoms with E-state index in [1.807, 2.05) is 0 Å². The quantitative estimate of drug-likeness (QED) is 0.673. The fourth-order valence-corrected chi connectivity index (χ4v) is 2.35. The first kappa shape index (κ1) is 19.2. The molecule has 1 aromatic heterocycles. The maximum absolute atomic E-state index is 12.6. The molecule has 0 radical (unpaired) electrons. The number of aromatic nitrogens is 2. The van der Waals surface area contributed by atoms with E-state index >= 15 is 0 Å². The van der Waals surface area contributed by atoms with Gasteiger partial charge in [-0.2, -0.15) is 13.2 Å². The first-order chi connectivity index (χ1) is 13.4. The fourth-order valence-electron chi connectivity index (χ4n) is 2.35. The molecule has 1 heterocycles. The number of hydrogen-bond donors (Lipinski definition) is 2. The van der Waals surface area contributed by atoms with Crippen molar-refractivity contribution >= 4 is 23.2 Å². The Morgan fingerprint density at radius 2 is 1.75 bits per heavy atom. The van der Waals surface area contributed by atoms with Gasteiger partial charge in [-0.1, -0.05) is 12.1 Å². The molecule has 0 aliphatic rings. The van der Waals surface area contributed by atoms with Crippen LogP contribution < -0.4 is 15.4 Å². The number of nitrogens with one attached hydrogen (secondary N) is 2. The standard InChI is InChI=1S/C19H15F3N4O2/c1-28-16-5-3-2-4-14(16)25-18-23-11-10-15(26-18)17(27)24-13-8-6-12(7-9-13)19(20,21)22/h2-11H,1H3,(H,24,27)(H,23,25,26). The van der Waals surface area contributed by atoms with Crippen molar-refractivity contribution in [2.75, 3.05) is 17.7 Å². The number of anilines is 3. The van der Waals surface area contributed by atoms with E-state index in [1.54, 1.807) is 24.3 Å². The molecule has 0 aliphatic heterocycles. The molecule has 144 valence electrons. The normalized spacial score (nSPS) is 11.0. The van der Waals surface area contributed by atoms with Crippen molar-refractivity contribution in [1.82, 2.24) is 9.97 Å². The minimum atomic E-state index is -4.44. The van der Waals surface area contributed by atoms with Crippen LogP contribution in [0.4, 0.5) is 30.5 Å². The third kappa shape index (κ3) is 4.56. The lowest BCUT2D eigenvalue weighted by molar-refractivity contribution is -0.137. The summed E-state index contributed by atoms with van der Waals surface area (Å²) < 4.78 is 43.0. The molecule has 0 fully saturated rings. The number of rotatable bonds is 5. The molecule has 0 aliphatic carbocycles. The average Bonchev–Trinajstić information content (AvgIpc) is 2.68. The highest BCUT2D eigenvalue weighted by molar-refractivity contribution is 6.03. The highest BCUT2D eigenvalue weighted by atomic mass is 19.4. The lowest BCUT2D eigenvalue weighted by Crippen LogP contribution is -2.15. The molecule has 28 heavy (non-hydrogen) atoms. The SMILES string of the molecule is COc1ccccc1Nc1nccc(C(=O)Nc2ccc(C(F)(F)F)cc2)n1. The van der Waals surface area contributed by atoms with Gasteiger partial charge in [-0.15, -0.1) is 0 Å². The summed E-state index contributed by atoms with van der Waals surface area (Å²) in [7, 11) is 1.52. The molecule has 3 rings (SSSR count). The number of benzene rings is 2. The van der Waals surface area contributed by atoms with Crippen molar-refractivity contribution in [2.45, 2.75) is 6.18 Å². The Labute approximate surface area is 158 Å². The summed E-state index contributed by atoms with van der Waals surface area (Å²) in [6.45, 7) is 0. The van der Waals surface area contributed by atoms with Crippen molar-refractivity contribution < 1.29 is 22.7 Å². The summed E-state index contributed by atoms with van der Waals surface area (Å²) in [4.78, 5) is 20.5. The second-order valence-electron chi connectivity index (χ2n) is 5.62. The number of carbonyl (C=O) groups excluding carboxylic acids is 1. The molecule has 0 bridgehead atoms. The Bertz CT molecular complexity index is 975. The van der Waals surface area contributed by atoms with Crippen LogP contribution in [-0.4, -0.2) is 23.0 Å². The fraction of sp³-hybridized carbons (Fsp3) is 0.105. The van der Waals surface area contributed by atoms with Gasteiger partial charge in [0, 0.05) is 11.9 Å². The predicted molar refractivity (Wildman–Crippen MR) is 97.7 cm³/mol. The van der Waals surface area contributed by atoms with E-state index in [0.717, 1.165) is 12.1 Å². The number of hydrogen-bond acceptors (Lipinski definition) is 5. The summed E-state index contributed by atoms with van der Waals surface area (Å²) in [5, 5.41) is 5.46. The van der Waals surface area contributed by atoms with Gasteiger partial charge in [0.15, 0.2) is 0 Å². The summed E-state index contributed by atoms with van der Waals surface area (Å²) in [5.41, 5.74) is 0.0873. The zero-order chi connectivity index (χ0) is 20.1. The number of methoxy groups -OCH3 is 1. The molecular weight excluding hydrogens is 373 g/mol. The molecule has 3 aromatic rings. The Kier molecular flexibility index (Phi) is 5.44. The van der Waals surface area contributed by atoms with Crippen LogP contribution >= 0.6 is 0 Å². The van der Waals surface area contributed by atoms with Gasteiger partial charge < -0.3 is 15.4 Å². The average molecular weight is 388 g/mol. The summed E-state index contributed by atoms with van der Waals surface area (Å²) in [5.74, 6) is 0.167. The van der Waals surface area contributed by atoms with Crippen LogP contribution in [-0.2, 0) is 6.18 Å². The van der Waals surface area contributed by atoms with Crippen molar-refractivity contribution in [1.29, 1.82) is 0 Å². The van der Waals surface area contributed by atoms with E-state index in [9.17, 15) is 18.0 Å². The van der Waals surface area contributed by atoms with Gasteiger partial charge in [-0.3, -0.25) is 4.79 Å². The van der Waals surface area contributed by atoms with E-state index in [2.05, 4.69) is 20.6 Å². The second-order valence-corrected chi connectivity index (χ2v) is 5.62. The van der Waals surface area contributed by atoms with Crippen LogP contribution in [0.2, 0.25) is 0 Å². The maximum atomic E-state index is 12.6. The summed E-state index contributed by atoms with van der Waals surface area (Å²) in [6.07, 6.45) is -3.04. The first-order valence-electron chi connectivity index (χ1n) is 8.08. The van der Waals surface area contributed by atoms with Gasteiger partial charge in [0.1, 0.15) is 11.4 Å². The van der Waals surface area contributed by atoms with E-state index in [0.29, 0.717) is 11.4 Å². The van der Waals surface area contributed by atoms with Crippen molar-refractivity contribution in [2.24, 2.45) is 0 Å². The minimum absolute atomic E-state index is 0.0484. The maximum Gasteiger partial charge on any atom is 0.416 e. The Morgan fingerprint density at radius 3 is 2.43 bits per heavy atom. The molecule has 0 atom stereocenters. The molecule has 0 saturated carbocycles. The molecule has 9 heteroatoms. The molecule has 1 amide bonds. The zero-order valence-electron chi connectivity index (χ0n) is 14.6. The minimum Gasteiger partial charge on any atom is -0.495 e. The monoisotopic (exact) mass is 388 g/mol. The number of ether oxygens (including phenoxy) is 1. The predicted octanol–water partition coefficient (Wildman–Crippen LogP) is 4.50. The number of para-hydroxylation sites is 2. The lowest BCUT2D eigenvalue weighted by atomic mass is 10.2. The zero-order valence-corrected chi connectivity index (χ0v) is 14.6. The van der Waals surface area contributed by atoms with Crippen LogP contribution in [0.25, 0.3) is 0 Å². The van der Waals surface area contributed by atoms with Gasteiger partial charge in [-0.25, -0.2) is 9.97 Å². The number of carbonyl (C=O) groups is 1. The number of nitrogens with zero attached hydrogens (tertiary/aromatic N) is 2. The van der Waals surface area contributed by atoms with E-state index in [1.165, 1.54) is 31.5 Å². The Balaban J connectivity index is 1.73. The number of alkyl halides is 3. The smallest absolute Gasteiger partial charge is 0.416 e. The third-order valence-electron chi connectivity index (χ3n) is 3.71. The number of halogens is 3. The van der Waals surface area contributed by atoms with Gasteiger partial charge in [-0.05, 0) is 42.5 Å². The van der Waals surface area contributed by atoms with Crippen LogP contribution in [0, 0.1) is 0 Å². The largest absolute Gasteiger partial charge is 0.495 e. The summed E-state index contributed by atoms with van der Waals surface area (Å²) >= 11 is 0. The molecular formula is C19H15F3N4O2. The summed E-state index contributed by atoms with van der Waals surface area (Å²) in [6, 6.07) is 12.7. The Hall–Kier alpha value is -3.62. The van der Waals surface area contributed by atoms with Gasteiger partial charge in [0.25, 0.3) is 5.91 Å². The Morgan fingerprint density at radius 1 is 1.04 bits per heavy atom. The van der Waals surface area contributed by atoms with E-state index in [4.69, 9.17) is 4.74 Å². The van der Waals surface area contributed by atoms with Gasteiger partial charge in [0.05, 0.1) is 18.4 Å². The van der Waals surface area contributed by atoms with Gasteiger partial charge in [0.2, 0.25) is 5.95 Å². The van der Waals surface area contributed by atoms with Crippen LogP contribution in [0.15, 0.2) is 60.8 Å². The molecule has 0 unspecified atom stereocenters. The van der Waals surface area contributed by atoms with Crippen molar-refractivity contribution in [3.63, 3.8) is 0 Å². The molecule has 0 saturated heterocycles. The molecule has 0 spiro atoms. The van der Waals surface area contributed by atoms with Crippen LogP contribution in [0.1, 0.15) is 16.1 Å².